The van der Waals surface area contributed by atoms with Crippen LogP contribution in [0.25, 0.3) is 5.88 Å². The van der Waals surface area contributed by atoms with Crippen LogP contribution in [-0.2, 0) is 24.5 Å². The Labute approximate surface area is 186 Å². The first-order chi connectivity index (χ1) is 15.7. The molecular formula is C26H23N3O3. The molecule has 0 unspecified atom stereocenters. The Kier molecular flexibility index (Phi) is 6.49. The number of ether oxygens (including phenoxy) is 1. The summed E-state index contributed by atoms with van der Waals surface area (Å²) in [4.78, 5) is 12.8. The first kappa shape index (κ1) is 21.2. The number of nitrogens with zero attached hydrogens (tertiary/aromatic N) is 2. The van der Waals surface area contributed by atoms with Gasteiger partial charge in [0.2, 0.25) is 5.88 Å². The fraction of sp³-hybridized carbons (Fsp3) is 0.154. The maximum Gasteiger partial charge on any atom is 0.256 e. The molecule has 0 radical (unpaired) electrons. The summed E-state index contributed by atoms with van der Waals surface area (Å²) >= 11 is 0. The molecule has 4 rings (SSSR count). The van der Waals surface area contributed by atoms with E-state index in [4.69, 9.17) is 9.15 Å². The van der Waals surface area contributed by atoms with Gasteiger partial charge in [-0.3, -0.25) is 9.36 Å². The van der Waals surface area contributed by atoms with Gasteiger partial charge in [-0.25, -0.2) is 0 Å². The van der Waals surface area contributed by atoms with E-state index >= 15 is 0 Å². The number of amides is 1. The van der Waals surface area contributed by atoms with E-state index in [2.05, 4.69) is 11.4 Å². The number of rotatable bonds is 8. The average Bonchev–Trinajstić information content (AvgIpc) is 3.46. The van der Waals surface area contributed by atoms with Crippen LogP contribution in [0.15, 0.2) is 83.5 Å². The van der Waals surface area contributed by atoms with E-state index in [9.17, 15) is 10.1 Å². The van der Waals surface area contributed by atoms with Crippen LogP contribution in [0.5, 0.6) is 0 Å². The summed E-state index contributed by atoms with van der Waals surface area (Å²) < 4.78 is 13.1. The maximum absolute atomic E-state index is 12.8. The molecule has 0 saturated carbocycles. The van der Waals surface area contributed by atoms with Gasteiger partial charge in [0, 0.05) is 18.9 Å². The Bertz CT molecular complexity index is 1220. The van der Waals surface area contributed by atoms with E-state index in [1.807, 2.05) is 66.7 Å². The second-order valence-electron chi connectivity index (χ2n) is 7.39. The molecule has 0 saturated heterocycles. The number of nitriles is 1. The quantitative estimate of drug-likeness (QED) is 0.436. The van der Waals surface area contributed by atoms with E-state index in [-0.39, 0.29) is 17.0 Å². The Morgan fingerprint density at radius 2 is 1.59 bits per heavy atom. The zero-order valence-corrected chi connectivity index (χ0v) is 17.7. The fourth-order valence-electron chi connectivity index (χ4n) is 3.44. The van der Waals surface area contributed by atoms with Crippen molar-refractivity contribution in [3.05, 3.63) is 113 Å². The molecule has 160 valence electrons. The van der Waals surface area contributed by atoms with Gasteiger partial charge in [-0.05, 0) is 35.7 Å². The van der Waals surface area contributed by atoms with Crippen LogP contribution in [0, 0.1) is 18.3 Å². The molecule has 0 aliphatic rings. The average molecular weight is 425 g/mol. The third-order valence-electron chi connectivity index (χ3n) is 5.10. The topological polar surface area (TPSA) is 80.2 Å². The lowest BCUT2D eigenvalue weighted by atomic mass is 10.1. The lowest BCUT2D eigenvalue weighted by molar-refractivity contribution is 0.0949. The minimum atomic E-state index is -0.337. The predicted molar refractivity (Wildman–Crippen MR) is 120 cm³/mol. The number of hydrogen-bond acceptors (Lipinski definition) is 4. The van der Waals surface area contributed by atoms with Crippen molar-refractivity contribution in [1.29, 1.82) is 5.26 Å². The van der Waals surface area contributed by atoms with Crippen molar-refractivity contribution in [2.75, 3.05) is 0 Å². The highest BCUT2D eigenvalue weighted by molar-refractivity contribution is 5.98. The standard InChI is InChI=1S/C26H23N3O3/c1-19-24(23(15-27)26(32-19)29-13-5-6-14-29)25(30)28-16-20-9-11-22(12-10-20)18-31-17-21-7-3-2-4-8-21/h2-14H,16-18H2,1H3,(H,28,30). The second-order valence-corrected chi connectivity index (χ2v) is 7.39. The van der Waals surface area contributed by atoms with Gasteiger partial charge in [0.25, 0.3) is 5.91 Å². The van der Waals surface area contributed by atoms with Gasteiger partial charge in [-0.1, -0.05) is 54.6 Å². The Morgan fingerprint density at radius 3 is 2.25 bits per heavy atom. The molecular weight excluding hydrogens is 402 g/mol. The van der Waals surface area contributed by atoms with Crippen molar-refractivity contribution < 1.29 is 13.9 Å². The smallest absolute Gasteiger partial charge is 0.256 e. The third-order valence-corrected chi connectivity index (χ3v) is 5.10. The van der Waals surface area contributed by atoms with E-state index in [0.29, 0.717) is 31.4 Å². The van der Waals surface area contributed by atoms with Crippen LogP contribution in [-0.4, -0.2) is 10.5 Å². The number of aryl methyl sites for hydroxylation is 1. The number of carbonyl (C=O) groups is 1. The summed E-state index contributed by atoms with van der Waals surface area (Å²) in [5.41, 5.74) is 3.64. The van der Waals surface area contributed by atoms with Crippen molar-refractivity contribution in [2.45, 2.75) is 26.7 Å². The Morgan fingerprint density at radius 1 is 0.969 bits per heavy atom. The lowest BCUT2D eigenvalue weighted by Crippen LogP contribution is -2.24. The molecule has 4 aromatic rings. The Balaban J connectivity index is 1.35. The van der Waals surface area contributed by atoms with E-state index in [1.165, 1.54) is 0 Å². The van der Waals surface area contributed by atoms with Gasteiger partial charge in [0.1, 0.15) is 23.0 Å². The van der Waals surface area contributed by atoms with Gasteiger partial charge < -0.3 is 14.5 Å². The summed E-state index contributed by atoms with van der Waals surface area (Å²) in [6.07, 6.45) is 3.54. The molecule has 2 heterocycles. The highest BCUT2D eigenvalue weighted by Crippen LogP contribution is 2.25. The van der Waals surface area contributed by atoms with Crippen LogP contribution < -0.4 is 5.32 Å². The molecule has 0 spiro atoms. The highest BCUT2D eigenvalue weighted by atomic mass is 16.5. The molecule has 6 nitrogen and oxygen atoms in total. The van der Waals surface area contributed by atoms with Crippen LogP contribution in [0.2, 0.25) is 0 Å². The minimum absolute atomic E-state index is 0.224. The monoisotopic (exact) mass is 425 g/mol. The largest absolute Gasteiger partial charge is 0.443 e. The van der Waals surface area contributed by atoms with E-state index < -0.39 is 0 Å². The third kappa shape index (κ3) is 4.80. The number of carbonyl (C=O) groups excluding carboxylic acids is 1. The van der Waals surface area contributed by atoms with Crippen LogP contribution >= 0.6 is 0 Å². The molecule has 0 bridgehead atoms. The van der Waals surface area contributed by atoms with Gasteiger partial charge in [-0.15, -0.1) is 0 Å². The number of furan rings is 1. The van der Waals surface area contributed by atoms with Gasteiger partial charge in [0.05, 0.1) is 13.2 Å². The first-order valence-electron chi connectivity index (χ1n) is 10.3. The van der Waals surface area contributed by atoms with Crippen molar-refractivity contribution >= 4 is 5.91 Å². The van der Waals surface area contributed by atoms with Crippen molar-refractivity contribution in [3.63, 3.8) is 0 Å². The summed E-state index contributed by atoms with van der Waals surface area (Å²) in [5, 5.41) is 12.5. The number of hydrogen-bond donors (Lipinski definition) is 1. The molecule has 6 heteroatoms. The number of nitrogens with one attached hydrogen (secondary N) is 1. The van der Waals surface area contributed by atoms with E-state index in [0.717, 1.165) is 16.7 Å². The van der Waals surface area contributed by atoms with Crippen molar-refractivity contribution in [1.82, 2.24) is 9.88 Å². The zero-order chi connectivity index (χ0) is 22.3. The van der Waals surface area contributed by atoms with Crippen LogP contribution in [0.3, 0.4) is 0 Å². The molecule has 0 aliphatic carbocycles. The van der Waals surface area contributed by atoms with Crippen molar-refractivity contribution in [3.8, 4) is 12.0 Å². The molecule has 2 aromatic carbocycles. The van der Waals surface area contributed by atoms with E-state index in [1.54, 1.807) is 23.9 Å². The first-order valence-corrected chi connectivity index (χ1v) is 10.3. The van der Waals surface area contributed by atoms with Crippen LogP contribution in [0.4, 0.5) is 0 Å². The molecule has 2 aromatic heterocycles. The normalized spacial score (nSPS) is 10.6. The molecule has 1 amide bonds. The second kappa shape index (κ2) is 9.82. The molecule has 1 N–H and O–H groups in total. The number of benzene rings is 2. The molecule has 32 heavy (non-hydrogen) atoms. The van der Waals surface area contributed by atoms with Crippen molar-refractivity contribution in [2.24, 2.45) is 0 Å². The highest BCUT2D eigenvalue weighted by Gasteiger charge is 2.24. The molecule has 0 atom stereocenters. The predicted octanol–water partition coefficient (Wildman–Crippen LogP) is 4.90. The fourth-order valence-corrected chi connectivity index (χ4v) is 3.44. The summed E-state index contributed by atoms with van der Waals surface area (Å²) in [5.74, 6) is 0.421. The van der Waals surface area contributed by atoms with Gasteiger partial charge >= 0.3 is 0 Å². The molecule has 0 aliphatic heterocycles. The summed E-state index contributed by atoms with van der Waals surface area (Å²) in [7, 11) is 0. The Hall–Kier alpha value is -4.08. The van der Waals surface area contributed by atoms with Crippen LogP contribution in [0.1, 0.15) is 38.4 Å². The zero-order valence-electron chi connectivity index (χ0n) is 17.7. The SMILES string of the molecule is Cc1oc(-n2cccc2)c(C#N)c1C(=O)NCc1ccc(COCc2ccccc2)cc1. The maximum atomic E-state index is 12.8. The lowest BCUT2D eigenvalue weighted by Gasteiger charge is -2.08. The number of aromatic nitrogens is 1. The van der Waals surface area contributed by atoms with Gasteiger partial charge in [-0.2, -0.15) is 5.26 Å². The minimum Gasteiger partial charge on any atom is -0.443 e. The molecule has 0 fully saturated rings. The van der Waals surface area contributed by atoms with Gasteiger partial charge in [0.15, 0.2) is 0 Å². The summed E-state index contributed by atoms with van der Waals surface area (Å²) in [6, 6.07) is 23.7. The summed E-state index contributed by atoms with van der Waals surface area (Å²) in [6.45, 7) is 3.11.